The second kappa shape index (κ2) is 18.3. The van der Waals surface area contributed by atoms with Gasteiger partial charge in [-0.15, -0.1) is 0 Å². The lowest BCUT2D eigenvalue weighted by Crippen LogP contribution is -2.49. The molecule has 5 N–H and O–H groups in total. The summed E-state index contributed by atoms with van der Waals surface area (Å²) in [6.45, 7) is 5.50. The van der Waals surface area contributed by atoms with Crippen molar-refractivity contribution in [2.75, 3.05) is 43.1 Å². The lowest BCUT2D eigenvalue weighted by atomic mass is 9.99. The molecule has 3 atom stereocenters. The Balaban J connectivity index is 1.18. The summed E-state index contributed by atoms with van der Waals surface area (Å²) in [5.41, 5.74) is 11.4. The Morgan fingerprint density at radius 1 is 0.904 bits per heavy atom. The van der Waals surface area contributed by atoms with Gasteiger partial charge in [-0.05, 0) is 73.8 Å². The minimum absolute atomic E-state index is 0.0177. The van der Waals surface area contributed by atoms with Crippen molar-refractivity contribution >= 4 is 34.8 Å². The average molecular weight is 706 g/mol. The topological polar surface area (TPSA) is 137 Å². The Morgan fingerprint density at radius 3 is 2.25 bits per heavy atom. The number of para-hydroxylation sites is 2. The number of amides is 3. The lowest BCUT2D eigenvalue weighted by molar-refractivity contribution is -0.116. The van der Waals surface area contributed by atoms with E-state index in [0.29, 0.717) is 67.1 Å². The number of hydrogen-bond donors (Lipinski definition) is 4. The number of anilines is 3. The molecule has 52 heavy (non-hydrogen) atoms. The van der Waals surface area contributed by atoms with E-state index >= 15 is 0 Å². The van der Waals surface area contributed by atoms with Crippen molar-refractivity contribution in [3.05, 3.63) is 108 Å². The van der Waals surface area contributed by atoms with Crippen LogP contribution in [0.15, 0.2) is 97.1 Å². The Labute approximate surface area is 307 Å². The van der Waals surface area contributed by atoms with E-state index in [4.69, 9.17) is 10.5 Å². The van der Waals surface area contributed by atoms with Crippen LogP contribution >= 0.6 is 0 Å². The monoisotopic (exact) mass is 705 g/mol. The van der Waals surface area contributed by atoms with Crippen molar-refractivity contribution < 1.29 is 24.2 Å². The number of benzene rings is 4. The van der Waals surface area contributed by atoms with Crippen LogP contribution < -0.4 is 21.1 Å². The van der Waals surface area contributed by atoms with E-state index in [-0.39, 0.29) is 42.8 Å². The maximum absolute atomic E-state index is 13.9. The standard InChI is InChI=1S/C42H51N5O5/c1-29-25-47(30(2)28-48)42(51)35-24-34(44-40(49)16-8-5-9-17-41(50)45-37-15-11-10-14-36(37)43)22-23-38(35)52-39(29)27-46(3)26-31-18-20-33(21-19-31)32-12-6-4-7-13-32/h4,6-7,10-15,18-24,29-30,39,48H,5,8-9,16-17,25-28,43H2,1-3H3,(H,44,49)(H,45,50)/t29-,30-,39+/m1/s1. The Bertz CT molecular complexity index is 1800. The highest BCUT2D eigenvalue weighted by molar-refractivity contribution is 6.00. The van der Waals surface area contributed by atoms with Gasteiger partial charge in [-0.1, -0.05) is 80.1 Å². The van der Waals surface area contributed by atoms with E-state index < -0.39 is 6.04 Å². The minimum atomic E-state index is -0.396. The van der Waals surface area contributed by atoms with Gasteiger partial charge in [0.25, 0.3) is 5.91 Å². The maximum Gasteiger partial charge on any atom is 0.258 e. The van der Waals surface area contributed by atoms with Gasteiger partial charge in [0.15, 0.2) is 0 Å². The van der Waals surface area contributed by atoms with Crippen molar-refractivity contribution in [2.45, 2.75) is 64.6 Å². The highest BCUT2D eigenvalue weighted by atomic mass is 16.5. The molecule has 10 heteroatoms. The fourth-order valence-electron chi connectivity index (χ4n) is 6.43. The van der Waals surface area contributed by atoms with Gasteiger partial charge in [0.05, 0.1) is 29.6 Å². The van der Waals surface area contributed by atoms with Crippen molar-refractivity contribution in [1.82, 2.24) is 9.80 Å². The number of hydrogen-bond acceptors (Lipinski definition) is 7. The molecular formula is C42H51N5O5. The van der Waals surface area contributed by atoms with E-state index in [2.05, 4.69) is 65.9 Å². The molecule has 0 radical (unpaired) electrons. The number of nitrogens with two attached hydrogens (primary N) is 1. The molecule has 1 heterocycles. The number of likely N-dealkylation sites (N-methyl/N-ethyl adjacent to an activating group) is 1. The van der Waals surface area contributed by atoms with E-state index in [1.165, 1.54) is 16.7 Å². The molecule has 5 rings (SSSR count). The number of carbonyl (C=O) groups is 3. The number of aliphatic hydroxyl groups excluding tert-OH is 1. The zero-order valence-corrected chi connectivity index (χ0v) is 30.4. The summed E-state index contributed by atoms with van der Waals surface area (Å²) in [4.78, 5) is 43.0. The van der Waals surface area contributed by atoms with E-state index in [0.717, 1.165) is 6.54 Å². The number of nitrogens with one attached hydrogen (secondary N) is 2. The van der Waals surface area contributed by atoms with Crippen LogP contribution in [0.25, 0.3) is 11.1 Å². The highest BCUT2D eigenvalue weighted by Crippen LogP contribution is 2.31. The van der Waals surface area contributed by atoms with Gasteiger partial charge in [-0.2, -0.15) is 0 Å². The fourth-order valence-corrected chi connectivity index (χ4v) is 6.43. The first kappa shape index (κ1) is 38.1. The molecule has 0 aromatic heterocycles. The highest BCUT2D eigenvalue weighted by Gasteiger charge is 2.33. The quantitative estimate of drug-likeness (QED) is 0.0788. The van der Waals surface area contributed by atoms with E-state index in [9.17, 15) is 19.5 Å². The first-order chi connectivity index (χ1) is 25.1. The molecule has 274 valence electrons. The van der Waals surface area contributed by atoms with Gasteiger partial charge in [0.2, 0.25) is 11.8 Å². The third-order valence-electron chi connectivity index (χ3n) is 9.50. The zero-order valence-electron chi connectivity index (χ0n) is 30.4. The molecule has 0 fully saturated rings. The van der Waals surface area contributed by atoms with Crippen LogP contribution in [0.2, 0.25) is 0 Å². The Kier molecular flexibility index (Phi) is 13.4. The van der Waals surface area contributed by atoms with Crippen molar-refractivity contribution in [1.29, 1.82) is 0 Å². The summed E-state index contributed by atoms with van der Waals surface area (Å²) in [7, 11) is 2.06. The molecule has 0 aliphatic carbocycles. The number of nitrogens with zero attached hydrogens (tertiary/aromatic N) is 2. The van der Waals surface area contributed by atoms with Crippen molar-refractivity contribution in [3.8, 4) is 16.9 Å². The lowest BCUT2D eigenvalue weighted by Gasteiger charge is -2.38. The SMILES string of the molecule is C[C@@H]1CN([C@H](C)CO)C(=O)c2cc(NC(=O)CCCCCC(=O)Nc3ccccc3N)ccc2O[C@H]1CN(C)Cc1ccc(-c2ccccc2)cc1. The molecule has 0 spiro atoms. The number of unbranched alkanes of at least 4 members (excludes halogenated alkanes) is 2. The molecule has 1 aliphatic heterocycles. The van der Waals surface area contributed by atoms with Crippen LogP contribution in [-0.2, 0) is 16.1 Å². The number of carbonyl (C=O) groups excluding carboxylic acids is 3. The molecule has 4 aromatic carbocycles. The molecule has 0 saturated carbocycles. The van der Waals surface area contributed by atoms with E-state index in [1.54, 1.807) is 35.2 Å². The smallest absolute Gasteiger partial charge is 0.258 e. The summed E-state index contributed by atoms with van der Waals surface area (Å²) in [5.74, 6) is -0.107. The van der Waals surface area contributed by atoms with Gasteiger partial charge in [-0.3, -0.25) is 19.3 Å². The maximum atomic E-state index is 13.9. The van der Waals surface area contributed by atoms with Gasteiger partial charge in [-0.25, -0.2) is 0 Å². The van der Waals surface area contributed by atoms with Gasteiger partial charge in [0.1, 0.15) is 11.9 Å². The van der Waals surface area contributed by atoms with Gasteiger partial charge >= 0.3 is 0 Å². The first-order valence-electron chi connectivity index (χ1n) is 18.1. The normalized spacial score (nSPS) is 16.3. The zero-order chi connectivity index (χ0) is 37.0. The summed E-state index contributed by atoms with van der Waals surface area (Å²) in [6, 6.07) is 30.8. The number of rotatable bonds is 15. The third kappa shape index (κ3) is 10.4. The summed E-state index contributed by atoms with van der Waals surface area (Å²) >= 11 is 0. The Morgan fingerprint density at radius 2 is 1.56 bits per heavy atom. The summed E-state index contributed by atoms with van der Waals surface area (Å²) in [6.07, 6.45) is 2.35. The van der Waals surface area contributed by atoms with E-state index in [1.807, 2.05) is 37.3 Å². The molecule has 0 saturated heterocycles. The van der Waals surface area contributed by atoms with Crippen molar-refractivity contribution in [2.24, 2.45) is 5.92 Å². The van der Waals surface area contributed by atoms with Gasteiger partial charge in [0, 0.05) is 44.1 Å². The van der Waals surface area contributed by atoms with Crippen LogP contribution in [0.5, 0.6) is 5.75 Å². The summed E-state index contributed by atoms with van der Waals surface area (Å²) in [5, 5.41) is 15.8. The molecule has 0 unspecified atom stereocenters. The molecule has 10 nitrogen and oxygen atoms in total. The molecule has 1 aliphatic rings. The molecule has 3 amide bonds. The van der Waals surface area contributed by atoms with Crippen LogP contribution in [-0.4, -0.2) is 71.5 Å². The van der Waals surface area contributed by atoms with Crippen LogP contribution in [0.4, 0.5) is 17.1 Å². The molecule has 0 bridgehead atoms. The molecular weight excluding hydrogens is 654 g/mol. The predicted molar refractivity (Wildman–Crippen MR) is 207 cm³/mol. The number of ether oxygens (including phenoxy) is 1. The first-order valence-corrected chi connectivity index (χ1v) is 18.1. The predicted octanol–water partition coefficient (Wildman–Crippen LogP) is 6.82. The van der Waals surface area contributed by atoms with Crippen LogP contribution in [0, 0.1) is 5.92 Å². The van der Waals surface area contributed by atoms with Crippen molar-refractivity contribution in [3.63, 3.8) is 0 Å². The third-order valence-corrected chi connectivity index (χ3v) is 9.50. The molecule has 4 aromatic rings. The number of fused-ring (bicyclic) bond motifs is 1. The van der Waals surface area contributed by atoms with Crippen LogP contribution in [0.3, 0.4) is 0 Å². The fraction of sp³-hybridized carbons (Fsp3) is 0.357. The van der Waals surface area contributed by atoms with Crippen LogP contribution in [0.1, 0.15) is 61.9 Å². The number of aliphatic hydroxyl groups is 1. The largest absolute Gasteiger partial charge is 0.488 e. The Hall–Kier alpha value is -5.19. The minimum Gasteiger partial charge on any atom is -0.488 e. The number of nitrogen functional groups attached to an aromatic ring is 1. The van der Waals surface area contributed by atoms with Gasteiger partial charge < -0.3 is 31.1 Å². The second-order valence-electron chi connectivity index (χ2n) is 13.8. The average Bonchev–Trinajstić information content (AvgIpc) is 3.14. The second-order valence-corrected chi connectivity index (χ2v) is 13.8. The summed E-state index contributed by atoms with van der Waals surface area (Å²) < 4.78 is 6.58.